The zero-order chi connectivity index (χ0) is 16.2. The van der Waals surface area contributed by atoms with Gasteiger partial charge in [-0.25, -0.2) is 9.59 Å². The molecular formula is C13H15N5O4. The highest BCUT2D eigenvalue weighted by Crippen LogP contribution is 2.22. The van der Waals surface area contributed by atoms with E-state index in [1.807, 2.05) is 0 Å². The average molecular weight is 305 g/mol. The fourth-order valence-corrected chi connectivity index (χ4v) is 2.74. The van der Waals surface area contributed by atoms with Crippen molar-refractivity contribution in [2.24, 2.45) is 7.05 Å². The van der Waals surface area contributed by atoms with Gasteiger partial charge in [0, 0.05) is 18.9 Å². The summed E-state index contributed by atoms with van der Waals surface area (Å²) in [5.74, 6) is -0.646. The molecule has 0 fully saturated rings. The van der Waals surface area contributed by atoms with E-state index in [9.17, 15) is 19.5 Å². The summed E-state index contributed by atoms with van der Waals surface area (Å²) >= 11 is 0. The Balaban J connectivity index is 2.50. The number of fused-ring (bicyclic) bond motifs is 3. The number of imidazole rings is 2. The van der Waals surface area contributed by atoms with Gasteiger partial charge in [0.1, 0.15) is 6.04 Å². The van der Waals surface area contributed by atoms with Gasteiger partial charge in [-0.1, -0.05) is 6.92 Å². The van der Waals surface area contributed by atoms with Crippen LogP contribution in [0.2, 0.25) is 0 Å². The van der Waals surface area contributed by atoms with Gasteiger partial charge in [-0.15, -0.1) is 0 Å². The minimum absolute atomic E-state index is 0.220. The molecule has 116 valence electrons. The summed E-state index contributed by atoms with van der Waals surface area (Å²) in [6.07, 6.45) is 2.02. The van der Waals surface area contributed by atoms with Crippen LogP contribution in [-0.2, 0) is 11.8 Å². The maximum atomic E-state index is 12.1. The molecule has 0 aliphatic heterocycles. The SMILES string of the molecule is CCC(C(=O)O)n1c(C)cn2c3c(=O)[nH]c(=O)n(C)c3nc12. The maximum absolute atomic E-state index is 12.1. The molecule has 0 spiro atoms. The molecule has 0 saturated heterocycles. The first-order chi connectivity index (χ1) is 10.4. The number of nitrogens with zero attached hydrogens (tertiary/aromatic N) is 4. The largest absolute Gasteiger partial charge is 0.480 e. The standard InChI is InChI=1S/C13H15N5O4/c1-4-7(11(20)21)18-6(2)5-17-8-9(14-12(17)18)16(3)13(22)15-10(8)19/h5,7H,4H2,1-3H3,(H,20,21)(H,15,19,22). The molecule has 22 heavy (non-hydrogen) atoms. The lowest BCUT2D eigenvalue weighted by Gasteiger charge is -2.13. The summed E-state index contributed by atoms with van der Waals surface area (Å²) in [4.78, 5) is 41.7. The lowest BCUT2D eigenvalue weighted by Crippen LogP contribution is -2.28. The monoisotopic (exact) mass is 305 g/mol. The number of aliphatic carboxylic acids is 1. The molecule has 0 radical (unpaired) electrons. The lowest BCUT2D eigenvalue weighted by atomic mass is 10.2. The molecule has 9 nitrogen and oxygen atoms in total. The zero-order valence-electron chi connectivity index (χ0n) is 12.3. The Labute approximate surface area is 123 Å². The molecule has 3 heterocycles. The minimum atomic E-state index is -0.974. The summed E-state index contributed by atoms with van der Waals surface area (Å²) < 4.78 is 4.31. The lowest BCUT2D eigenvalue weighted by molar-refractivity contribution is -0.140. The fraction of sp³-hybridized carbons (Fsp3) is 0.385. The molecule has 0 aromatic carbocycles. The summed E-state index contributed by atoms with van der Waals surface area (Å²) in [5, 5.41) is 9.38. The van der Waals surface area contributed by atoms with Gasteiger partial charge >= 0.3 is 11.7 Å². The van der Waals surface area contributed by atoms with Crippen molar-refractivity contribution in [1.82, 2.24) is 23.5 Å². The van der Waals surface area contributed by atoms with Crippen LogP contribution in [0.1, 0.15) is 25.1 Å². The van der Waals surface area contributed by atoms with Crippen molar-refractivity contribution in [3.8, 4) is 0 Å². The first-order valence-electron chi connectivity index (χ1n) is 6.78. The Bertz CT molecular complexity index is 1020. The molecule has 3 aromatic rings. The summed E-state index contributed by atoms with van der Waals surface area (Å²) in [7, 11) is 1.50. The van der Waals surface area contributed by atoms with Gasteiger partial charge in [0.2, 0.25) is 5.78 Å². The topological polar surface area (TPSA) is 114 Å². The number of aromatic amines is 1. The van der Waals surface area contributed by atoms with E-state index < -0.39 is 23.3 Å². The van der Waals surface area contributed by atoms with E-state index >= 15 is 0 Å². The van der Waals surface area contributed by atoms with Crippen molar-refractivity contribution in [2.75, 3.05) is 0 Å². The quantitative estimate of drug-likeness (QED) is 0.708. The molecule has 3 aromatic heterocycles. The number of rotatable bonds is 3. The average Bonchev–Trinajstić information content (AvgIpc) is 2.94. The molecule has 0 bridgehead atoms. The first-order valence-corrected chi connectivity index (χ1v) is 6.78. The Morgan fingerprint density at radius 3 is 2.73 bits per heavy atom. The van der Waals surface area contributed by atoms with Crippen molar-refractivity contribution in [3.63, 3.8) is 0 Å². The van der Waals surface area contributed by atoms with Crippen LogP contribution >= 0.6 is 0 Å². The van der Waals surface area contributed by atoms with Gasteiger partial charge in [0.25, 0.3) is 5.56 Å². The van der Waals surface area contributed by atoms with Crippen LogP contribution in [0.15, 0.2) is 15.8 Å². The second kappa shape index (κ2) is 4.58. The minimum Gasteiger partial charge on any atom is -0.480 e. The highest BCUT2D eigenvalue weighted by atomic mass is 16.4. The predicted octanol–water partition coefficient (Wildman–Crippen LogP) is 0.0201. The summed E-state index contributed by atoms with van der Waals surface area (Å²) in [5.41, 5.74) is 0.00163. The van der Waals surface area contributed by atoms with E-state index in [1.54, 1.807) is 24.6 Å². The normalized spacial score (nSPS) is 13.0. The molecule has 9 heteroatoms. The van der Waals surface area contributed by atoms with Crippen LogP contribution in [0.25, 0.3) is 16.9 Å². The van der Waals surface area contributed by atoms with Crippen molar-refractivity contribution in [2.45, 2.75) is 26.3 Å². The predicted molar refractivity (Wildman–Crippen MR) is 78.3 cm³/mol. The van der Waals surface area contributed by atoms with E-state index in [0.717, 1.165) is 0 Å². The number of carboxylic acids is 1. The van der Waals surface area contributed by atoms with E-state index in [0.29, 0.717) is 17.9 Å². The van der Waals surface area contributed by atoms with Crippen LogP contribution in [0.3, 0.4) is 0 Å². The second-order valence-electron chi connectivity index (χ2n) is 5.18. The second-order valence-corrected chi connectivity index (χ2v) is 5.18. The van der Waals surface area contributed by atoms with Crippen LogP contribution < -0.4 is 11.2 Å². The third-order valence-electron chi connectivity index (χ3n) is 3.83. The number of aryl methyl sites for hydroxylation is 2. The van der Waals surface area contributed by atoms with E-state index in [4.69, 9.17) is 0 Å². The van der Waals surface area contributed by atoms with Crippen LogP contribution in [0, 0.1) is 6.92 Å². The molecule has 0 saturated carbocycles. The number of hydrogen-bond acceptors (Lipinski definition) is 4. The number of hydrogen-bond donors (Lipinski definition) is 2. The molecule has 0 amide bonds. The molecule has 0 aliphatic rings. The number of nitrogens with one attached hydrogen (secondary N) is 1. The molecular weight excluding hydrogens is 290 g/mol. The van der Waals surface area contributed by atoms with Crippen molar-refractivity contribution < 1.29 is 9.90 Å². The zero-order valence-corrected chi connectivity index (χ0v) is 12.3. The summed E-state index contributed by atoms with van der Waals surface area (Å²) in [6, 6.07) is -0.787. The van der Waals surface area contributed by atoms with Gasteiger partial charge in [0.05, 0.1) is 0 Å². The van der Waals surface area contributed by atoms with Gasteiger partial charge < -0.3 is 5.11 Å². The molecule has 1 atom stereocenters. The van der Waals surface area contributed by atoms with Gasteiger partial charge in [0.15, 0.2) is 11.2 Å². The van der Waals surface area contributed by atoms with Crippen molar-refractivity contribution >= 4 is 22.9 Å². The van der Waals surface area contributed by atoms with Gasteiger partial charge in [-0.05, 0) is 13.3 Å². The third kappa shape index (κ3) is 1.71. The van der Waals surface area contributed by atoms with Crippen LogP contribution in [0.5, 0.6) is 0 Å². The maximum Gasteiger partial charge on any atom is 0.329 e. The summed E-state index contributed by atoms with van der Waals surface area (Å²) in [6.45, 7) is 3.52. The first kappa shape index (κ1) is 14.1. The Morgan fingerprint density at radius 1 is 1.45 bits per heavy atom. The number of aromatic nitrogens is 5. The Kier molecular flexibility index (Phi) is 2.94. The Hall–Kier alpha value is -2.84. The van der Waals surface area contributed by atoms with Crippen molar-refractivity contribution in [3.05, 3.63) is 32.7 Å². The molecule has 3 rings (SSSR count). The number of carboxylic acid groups (broad SMARTS) is 1. The van der Waals surface area contributed by atoms with Gasteiger partial charge in [-0.2, -0.15) is 4.98 Å². The molecule has 2 N–H and O–H groups in total. The fourth-order valence-electron chi connectivity index (χ4n) is 2.74. The molecule has 0 aliphatic carbocycles. The van der Waals surface area contributed by atoms with E-state index in [-0.39, 0.29) is 11.2 Å². The van der Waals surface area contributed by atoms with E-state index in [2.05, 4.69) is 9.97 Å². The van der Waals surface area contributed by atoms with Crippen molar-refractivity contribution in [1.29, 1.82) is 0 Å². The van der Waals surface area contributed by atoms with Crippen LogP contribution in [-0.4, -0.2) is 34.6 Å². The highest BCUT2D eigenvalue weighted by molar-refractivity contribution is 5.77. The smallest absolute Gasteiger partial charge is 0.329 e. The number of H-pyrrole nitrogens is 1. The van der Waals surface area contributed by atoms with Gasteiger partial charge in [-0.3, -0.25) is 23.3 Å². The van der Waals surface area contributed by atoms with Crippen LogP contribution in [0.4, 0.5) is 0 Å². The van der Waals surface area contributed by atoms with E-state index in [1.165, 1.54) is 16.0 Å². The Morgan fingerprint density at radius 2 is 2.14 bits per heavy atom. The molecule has 1 unspecified atom stereocenters. The number of carbonyl (C=O) groups is 1. The highest BCUT2D eigenvalue weighted by Gasteiger charge is 2.24. The third-order valence-corrected chi connectivity index (χ3v) is 3.83.